The molecular weight excluding hydrogens is 575 g/mol. The van der Waals surface area contributed by atoms with Gasteiger partial charge in [0.15, 0.2) is 4.80 Å². The highest BCUT2D eigenvalue weighted by molar-refractivity contribution is 7.07. The first kappa shape index (κ1) is 32.6. The summed E-state index contributed by atoms with van der Waals surface area (Å²) in [7, 11) is 6.79. The van der Waals surface area contributed by atoms with Crippen molar-refractivity contribution in [1.29, 1.82) is 0 Å². The summed E-state index contributed by atoms with van der Waals surface area (Å²) >= 11 is 1.22. The number of nitrogens with one attached hydrogen (secondary N) is 2. The number of aromatic nitrogens is 1. The Bertz CT molecular complexity index is 1400. The fraction of sp³-hybridized carbons (Fsp3) is 0.393. The van der Waals surface area contributed by atoms with Gasteiger partial charge in [0.05, 0.1) is 32.0 Å². The Morgan fingerprint density at radius 1 is 1.02 bits per heavy atom. The van der Waals surface area contributed by atoms with E-state index in [-0.39, 0.29) is 23.8 Å². The first-order chi connectivity index (χ1) is 20.0. The van der Waals surface area contributed by atoms with Crippen molar-refractivity contribution in [3.63, 3.8) is 0 Å². The van der Waals surface area contributed by atoms with Crippen LogP contribution in [0.1, 0.15) is 16.8 Å². The van der Waals surface area contributed by atoms with E-state index in [1.807, 2.05) is 23.6 Å². The van der Waals surface area contributed by atoms with Crippen LogP contribution in [0.3, 0.4) is 0 Å². The third-order valence-corrected chi connectivity index (χ3v) is 6.78. The first-order valence-corrected chi connectivity index (χ1v) is 13.9. The molecule has 0 radical (unpaired) electrons. The summed E-state index contributed by atoms with van der Waals surface area (Å²) < 4.78 is 54.2. The summed E-state index contributed by atoms with van der Waals surface area (Å²) in [6.45, 7) is 2.36. The van der Waals surface area contributed by atoms with Gasteiger partial charge in [0.25, 0.3) is 5.91 Å². The third kappa shape index (κ3) is 9.89. The van der Waals surface area contributed by atoms with Crippen molar-refractivity contribution in [3.05, 3.63) is 58.2 Å². The Balaban J connectivity index is 1.81. The van der Waals surface area contributed by atoms with Gasteiger partial charge in [-0.25, -0.2) is 0 Å². The molecule has 10 nitrogen and oxygen atoms in total. The van der Waals surface area contributed by atoms with Gasteiger partial charge in [0, 0.05) is 31.1 Å². The lowest BCUT2D eigenvalue weighted by Gasteiger charge is -2.12. The molecule has 2 aromatic carbocycles. The Labute approximate surface area is 245 Å². The van der Waals surface area contributed by atoms with E-state index in [4.69, 9.17) is 9.47 Å². The quantitative estimate of drug-likeness (QED) is 0.270. The monoisotopic (exact) mass is 609 g/mol. The van der Waals surface area contributed by atoms with E-state index in [1.54, 1.807) is 23.6 Å². The third-order valence-electron chi connectivity index (χ3n) is 5.92. The molecule has 0 unspecified atom stereocenters. The molecule has 0 aliphatic carbocycles. The van der Waals surface area contributed by atoms with Crippen molar-refractivity contribution >= 4 is 23.2 Å². The predicted octanol–water partition coefficient (Wildman–Crippen LogP) is 3.53. The fourth-order valence-electron chi connectivity index (χ4n) is 3.86. The highest BCUT2D eigenvalue weighted by atomic mass is 32.1. The largest absolute Gasteiger partial charge is 0.573 e. The van der Waals surface area contributed by atoms with E-state index in [0.29, 0.717) is 53.6 Å². The lowest BCUT2D eigenvalue weighted by atomic mass is 10.1. The summed E-state index contributed by atoms with van der Waals surface area (Å²) in [5.74, 6) is -0.157. The number of nitrogens with zero attached hydrogens (tertiary/aromatic N) is 3. The number of thiazole rings is 1. The molecular formula is C28H34F3N5O5S. The number of alkyl halides is 3. The van der Waals surface area contributed by atoms with Crippen LogP contribution in [-0.2, 0) is 11.3 Å². The maximum atomic E-state index is 13.2. The molecule has 1 aromatic heterocycles. The molecule has 0 spiro atoms. The van der Waals surface area contributed by atoms with E-state index in [0.717, 1.165) is 6.54 Å². The van der Waals surface area contributed by atoms with Crippen LogP contribution in [0.4, 0.5) is 13.2 Å². The average molecular weight is 610 g/mol. The number of carbonyl (C=O) groups is 2. The molecule has 0 saturated carbocycles. The smallest absolute Gasteiger partial charge is 0.497 e. The number of ether oxygens (including phenoxy) is 3. The van der Waals surface area contributed by atoms with E-state index in [9.17, 15) is 22.8 Å². The number of hydrogen-bond donors (Lipinski definition) is 2. The van der Waals surface area contributed by atoms with Crippen molar-refractivity contribution in [1.82, 2.24) is 20.1 Å². The lowest BCUT2D eigenvalue weighted by Crippen LogP contribution is -2.37. The Morgan fingerprint density at radius 2 is 1.74 bits per heavy atom. The number of carbonyl (C=O) groups excluding carboxylic acids is 2. The van der Waals surface area contributed by atoms with Crippen LogP contribution < -0.4 is 29.6 Å². The van der Waals surface area contributed by atoms with Crippen LogP contribution in [-0.4, -0.2) is 82.1 Å². The van der Waals surface area contributed by atoms with Gasteiger partial charge in [-0.1, -0.05) is 0 Å². The van der Waals surface area contributed by atoms with Crippen LogP contribution in [0.5, 0.6) is 17.2 Å². The van der Waals surface area contributed by atoms with Gasteiger partial charge in [-0.15, -0.1) is 24.5 Å². The van der Waals surface area contributed by atoms with Crippen molar-refractivity contribution in [3.8, 4) is 28.5 Å². The van der Waals surface area contributed by atoms with Crippen LogP contribution in [0.25, 0.3) is 11.3 Å². The number of halogens is 3. The zero-order chi connectivity index (χ0) is 30.7. The number of methoxy groups -OCH3 is 2. The number of amides is 2. The molecule has 228 valence electrons. The Morgan fingerprint density at radius 3 is 2.38 bits per heavy atom. The van der Waals surface area contributed by atoms with Crippen molar-refractivity contribution in [2.75, 3.05) is 54.5 Å². The van der Waals surface area contributed by atoms with Crippen molar-refractivity contribution < 1.29 is 37.0 Å². The molecule has 0 bridgehead atoms. The van der Waals surface area contributed by atoms with Gasteiger partial charge < -0.3 is 34.3 Å². The van der Waals surface area contributed by atoms with Crippen LogP contribution in [0.15, 0.2) is 52.8 Å². The molecule has 0 aliphatic rings. The molecule has 42 heavy (non-hydrogen) atoms. The van der Waals surface area contributed by atoms with Crippen LogP contribution in [0.2, 0.25) is 0 Å². The second kappa shape index (κ2) is 15.4. The fourth-order valence-corrected chi connectivity index (χ4v) is 4.79. The van der Waals surface area contributed by atoms with Crippen LogP contribution >= 0.6 is 11.3 Å². The van der Waals surface area contributed by atoms with Gasteiger partial charge in [0.1, 0.15) is 17.2 Å². The molecule has 3 aromatic rings. The van der Waals surface area contributed by atoms with E-state index in [1.165, 1.54) is 49.8 Å². The van der Waals surface area contributed by atoms with Crippen LogP contribution in [0, 0.1) is 0 Å². The highest BCUT2D eigenvalue weighted by Gasteiger charge is 2.31. The predicted molar refractivity (Wildman–Crippen MR) is 153 cm³/mol. The Kier molecular flexibility index (Phi) is 11.9. The molecule has 2 amide bonds. The maximum absolute atomic E-state index is 13.2. The molecule has 0 atom stereocenters. The van der Waals surface area contributed by atoms with Crippen molar-refractivity contribution in [2.45, 2.75) is 19.3 Å². The number of hydrogen-bond acceptors (Lipinski definition) is 8. The minimum absolute atomic E-state index is 0.114. The highest BCUT2D eigenvalue weighted by Crippen LogP contribution is 2.28. The summed E-state index contributed by atoms with van der Waals surface area (Å²) in [4.78, 5) is 31.9. The van der Waals surface area contributed by atoms with Crippen molar-refractivity contribution in [2.24, 2.45) is 4.99 Å². The summed E-state index contributed by atoms with van der Waals surface area (Å²) in [6, 6.07) is 10.3. The number of benzene rings is 2. The molecule has 14 heteroatoms. The van der Waals surface area contributed by atoms with E-state index >= 15 is 0 Å². The lowest BCUT2D eigenvalue weighted by molar-refractivity contribution is -0.274. The molecule has 0 fully saturated rings. The minimum atomic E-state index is -4.80. The molecule has 2 N–H and O–H groups in total. The average Bonchev–Trinajstić information content (AvgIpc) is 3.33. The summed E-state index contributed by atoms with van der Waals surface area (Å²) in [5, 5.41) is 7.71. The van der Waals surface area contributed by atoms with Gasteiger partial charge in [-0.3, -0.25) is 9.59 Å². The van der Waals surface area contributed by atoms with Gasteiger partial charge in [-0.2, -0.15) is 4.99 Å². The second-order valence-corrected chi connectivity index (χ2v) is 10.1. The number of rotatable bonds is 14. The number of likely N-dealkylation sites (N-methyl/N-ethyl adjacent to an activating group) is 1. The van der Waals surface area contributed by atoms with Gasteiger partial charge in [-0.05, 0) is 69.0 Å². The maximum Gasteiger partial charge on any atom is 0.573 e. The van der Waals surface area contributed by atoms with E-state index < -0.39 is 12.3 Å². The Hall–Kier alpha value is -3.88. The first-order valence-electron chi connectivity index (χ1n) is 13.0. The molecule has 0 saturated heterocycles. The molecule has 3 rings (SSSR count). The molecule has 0 aliphatic heterocycles. The minimum Gasteiger partial charge on any atom is -0.497 e. The SMILES string of the molecule is COc1ccc(C(=O)/N=c2\scc(-c3ccc(OC(F)(F)F)cc3)n2CCCNCC(=O)NCCN(C)C)c(OC)c1. The zero-order valence-corrected chi connectivity index (χ0v) is 24.6. The normalized spacial score (nSPS) is 12.0. The second-order valence-electron chi connectivity index (χ2n) is 9.29. The topological polar surface area (TPSA) is 106 Å². The summed E-state index contributed by atoms with van der Waals surface area (Å²) in [6.07, 6.45) is -4.22. The van der Waals surface area contributed by atoms with Gasteiger partial charge in [0.2, 0.25) is 5.91 Å². The standard InChI is InChI=1S/C28H34F3N5O5S/c1-35(2)15-13-33-25(37)17-32-12-5-14-36-23(19-6-8-20(9-7-19)41-28(29,30)31)18-42-27(36)34-26(38)22-11-10-21(39-3)16-24(22)40-4/h6-11,16,18,32H,5,12-15,17H2,1-4H3,(H,33,37)/b34-27-. The van der Waals surface area contributed by atoms with Gasteiger partial charge >= 0.3 is 6.36 Å². The van der Waals surface area contributed by atoms with E-state index in [2.05, 4.69) is 20.4 Å². The molecule has 1 heterocycles. The zero-order valence-electron chi connectivity index (χ0n) is 23.8. The summed E-state index contributed by atoms with van der Waals surface area (Å²) in [5.41, 5.74) is 1.52.